The Bertz CT molecular complexity index is 927. The van der Waals surface area contributed by atoms with E-state index in [4.69, 9.17) is 0 Å². The third-order valence-electron chi connectivity index (χ3n) is 11.4. The van der Waals surface area contributed by atoms with Gasteiger partial charge in [-0.15, -0.1) is 0 Å². The lowest BCUT2D eigenvalue weighted by Gasteiger charge is -2.27. The van der Waals surface area contributed by atoms with Crippen LogP contribution in [0.4, 0.5) is 0 Å². The van der Waals surface area contributed by atoms with Crippen molar-refractivity contribution >= 4 is 33.8 Å². The first-order valence-electron chi connectivity index (χ1n) is 24.7. The number of hydrogen-bond donors (Lipinski definition) is 4. The minimum absolute atomic E-state index is 0.00450. The van der Waals surface area contributed by atoms with Crippen molar-refractivity contribution in [3.05, 3.63) is 12.2 Å². The van der Waals surface area contributed by atoms with E-state index >= 15 is 0 Å². The molecule has 0 saturated heterocycles. The highest BCUT2D eigenvalue weighted by molar-refractivity contribution is 8.14. The molecule has 0 saturated carbocycles. The van der Waals surface area contributed by atoms with E-state index in [1.54, 1.807) is 0 Å². The summed E-state index contributed by atoms with van der Waals surface area (Å²) in [6.45, 7) is 15.9. The molecule has 0 spiro atoms. The highest BCUT2D eigenvalue weighted by Crippen LogP contribution is 2.19. The Balaban J connectivity index is 4.96. The molecule has 8 nitrogen and oxygen atoms in total. The summed E-state index contributed by atoms with van der Waals surface area (Å²) < 4.78 is 0. The molecule has 0 aromatic carbocycles. The minimum atomic E-state index is -0.462. The summed E-state index contributed by atoms with van der Waals surface area (Å²) in [6, 6.07) is 0. The summed E-state index contributed by atoms with van der Waals surface area (Å²) in [5.74, 6) is 1.03. The van der Waals surface area contributed by atoms with Crippen molar-refractivity contribution in [3.63, 3.8) is 0 Å². The summed E-state index contributed by atoms with van der Waals surface area (Å²) >= 11 is 2.36. The second kappa shape index (κ2) is 42.8. The zero-order valence-corrected chi connectivity index (χ0v) is 40.6. The number of unbranched alkanes of at least 4 members (excludes halogenated alkanes) is 20. The Morgan fingerprint density at radius 1 is 0.441 bits per heavy atom. The first-order valence-corrected chi connectivity index (χ1v) is 26.7. The molecular formula is C49H96N2O6S2. The number of aliphatic hydroxyl groups excluding tert-OH is 4. The third-order valence-corrected chi connectivity index (χ3v) is 13.2. The van der Waals surface area contributed by atoms with Crippen molar-refractivity contribution in [2.75, 3.05) is 50.8 Å². The molecule has 0 radical (unpaired) electrons. The van der Waals surface area contributed by atoms with Crippen molar-refractivity contribution in [2.24, 2.45) is 0 Å². The van der Waals surface area contributed by atoms with E-state index in [9.17, 15) is 30.0 Å². The van der Waals surface area contributed by atoms with Crippen LogP contribution in [0.15, 0.2) is 12.2 Å². The largest absolute Gasteiger partial charge is 0.392 e. The molecule has 0 amide bonds. The second-order valence-corrected chi connectivity index (χ2v) is 19.7. The molecular weight excluding hydrogens is 777 g/mol. The second-order valence-electron chi connectivity index (χ2n) is 17.5. The van der Waals surface area contributed by atoms with Crippen LogP contribution in [0.1, 0.15) is 214 Å². The lowest BCUT2D eigenvalue weighted by atomic mass is 10.1. The van der Waals surface area contributed by atoms with Crippen molar-refractivity contribution in [2.45, 2.75) is 238 Å². The van der Waals surface area contributed by atoms with Crippen LogP contribution in [-0.2, 0) is 9.59 Å². The highest BCUT2D eigenvalue weighted by Gasteiger charge is 2.20. The zero-order valence-electron chi connectivity index (χ0n) is 39.0. The molecule has 350 valence electrons. The van der Waals surface area contributed by atoms with Gasteiger partial charge in [0.05, 0.1) is 24.4 Å². The predicted octanol–water partition coefficient (Wildman–Crippen LogP) is 11.5. The molecule has 10 heteroatoms. The third kappa shape index (κ3) is 38.9. The summed E-state index contributed by atoms with van der Waals surface area (Å²) in [5.41, 5.74) is 0.297. The Kier molecular flexibility index (Phi) is 42.5. The fraction of sp³-hybridized carbons (Fsp3) is 0.918. The maximum Gasteiger partial charge on any atom is 0.215 e. The maximum absolute atomic E-state index is 13.1. The van der Waals surface area contributed by atoms with Gasteiger partial charge in [0, 0.05) is 62.8 Å². The van der Waals surface area contributed by atoms with Crippen LogP contribution >= 0.6 is 23.5 Å². The van der Waals surface area contributed by atoms with Crippen molar-refractivity contribution in [1.29, 1.82) is 0 Å². The topological polar surface area (TPSA) is 122 Å². The van der Waals surface area contributed by atoms with Gasteiger partial charge in [0.25, 0.3) is 0 Å². The Morgan fingerprint density at radius 3 is 1.02 bits per heavy atom. The molecule has 0 aromatic rings. The van der Waals surface area contributed by atoms with Gasteiger partial charge in [-0.2, -0.15) is 0 Å². The average Bonchev–Trinajstić information content (AvgIpc) is 3.19. The van der Waals surface area contributed by atoms with Crippen LogP contribution in [0.5, 0.6) is 0 Å². The van der Waals surface area contributed by atoms with Crippen LogP contribution in [0.3, 0.4) is 0 Å². The molecule has 0 aromatic heterocycles. The van der Waals surface area contributed by atoms with Gasteiger partial charge < -0.3 is 20.4 Å². The summed E-state index contributed by atoms with van der Waals surface area (Å²) in [5, 5.41) is 43.2. The standard InChI is InChI=1S/C49H96N2O6S2/c1-6-10-14-18-22-26-30-44(52)39-50(40-45(53)31-27-23-19-15-11-7-2)34-36-58-48(56)38-43(5)49(57)59-37-35-51(41-46(54)32-28-24-20-16-12-8-3)42-47(55)33-29-25-21-17-13-9-4/h44-47,52-55H,5-42H2,1-4H3. The molecule has 0 heterocycles. The number of aliphatic hydroxyl groups is 4. The molecule has 0 fully saturated rings. The molecule has 4 atom stereocenters. The number of hydrogen-bond acceptors (Lipinski definition) is 10. The van der Waals surface area contributed by atoms with Gasteiger partial charge in [0.2, 0.25) is 5.12 Å². The highest BCUT2D eigenvalue weighted by atomic mass is 32.2. The lowest BCUT2D eigenvalue weighted by Crippen LogP contribution is -2.39. The van der Waals surface area contributed by atoms with Crippen LogP contribution < -0.4 is 0 Å². The number of carbonyl (C=O) groups is 2. The van der Waals surface area contributed by atoms with E-state index < -0.39 is 24.4 Å². The van der Waals surface area contributed by atoms with Gasteiger partial charge in [-0.3, -0.25) is 19.4 Å². The van der Waals surface area contributed by atoms with Gasteiger partial charge in [-0.1, -0.05) is 212 Å². The number of nitrogens with zero attached hydrogens (tertiary/aromatic N) is 2. The smallest absolute Gasteiger partial charge is 0.215 e. The molecule has 0 aliphatic heterocycles. The summed E-state index contributed by atoms with van der Waals surface area (Å²) in [6.07, 6.45) is 29.4. The van der Waals surface area contributed by atoms with E-state index in [1.165, 1.54) is 114 Å². The van der Waals surface area contributed by atoms with Gasteiger partial charge in [0.15, 0.2) is 5.12 Å². The lowest BCUT2D eigenvalue weighted by molar-refractivity contribution is -0.112. The first-order chi connectivity index (χ1) is 28.6. The van der Waals surface area contributed by atoms with Crippen LogP contribution in [0.2, 0.25) is 0 Å². The van der Waals surface area contributed by atoms with Gasteiger partial charge >= 0.3 is 0 Å². The number of carbonyl (C=O) groups excluding carboxylic acids is 2. The Morgan fingerprint density at radius 2 is 0.712 bits per heavy atom. The molecule has 4 unspecified atom stereocenters. The van der Waals surface area contributed by atoms with Crippen molar-refractivity contribution in [3.8, 4) is 0 Å². The normalized spacial score (nSPS) is 13.9. The summed E-state index contributed by atoms with van der Waals surface area (Å²) in [7, 11) is 0. The zero-order chi connectivity index (χ0) is 43.8. The molecule has 0 aliphatic rings. The van der Waals surface area contributed by atoms with Crippen molar-refractivity contribution in [1.82, 2.24) is 9.80 Å². The monoisotopic (exact) mass is 873 g/mol. The fourth-order valence-corrected chi connectivity index (χ4v) is 9.33. The minimum Gasteiger partial charge on any atom is -0.392 e. The van der Waals surface area contributed by atoms with Gasteiger partial charge in [-0.05, 0) is 25.7 Å². The van der Waals surface area contributed by atoms with Crippen molar-refractivity contribution < 1.29 is 30.0 Å². The summed E-state index contributed by atoms with van der Waals surface area (Å²) in [4.78, 5) is 30.3. The Hall–Kier alpha value is -0.460. The number of thioether (sulfide) groups is 2. The van der Waals surface area contributed by atoms with Crippen LogP contribution in [-0.4, -0.2) is 116 Å². The molecule has 0 bridgehead atoms. The molecule has 0 rings (SSSR count). The van der Waals surface area contributed by atoms with E-state index in [0.29, 0.717) is 56.3 Å². The van der Waals surface area contributed by atoms with E-state index in [0.717, 1.165) is 88.8 Å². The van der Waals surface area contributed by atoms with E-state index in [2.05, 4.69) is 44.1 Å². The maximum atomic E-state index is 13.1. The molecule has 59 heavy (non-hydrogen) atoms. The fourth-order valence-electron chi connectivity index (χ4n) is 7.67. The van der Waals surface area contributed by atoms with Crippen LogP contribution in [0, 0.1) is 0 Å². The molecule has 4 N–H and O–H groups in total. The first kappa shape index (κ1) is 58.5. The van der Waals surface area contributed by atoms with E-state index in [-0.39, 0.29) is 16.7 Å². The average molecular weight is 873 g/mol. The Labute approximate surface area is 373 Å². The van der Waals surface area contributed by atoms with Crippen LogP contribution in [0.25, 0.3) is 0 Å². The number of rotatable bonds is 45. The molecule has 0 aliphatic carbocycles. The van der Waals surface area contributed by atoms with Gasteiger partial charge in [-0.25, -0.2) is 0 Å². The van der Waals surface area contributed by atoms with E-state index in [1.807, 2.05) is 0 Å². The van der Waals surface area contributed by atoms with Gasteiger partial charge in [0.1, 0.15) is 0 Å². The SMILES string of the molecule is C=C(CC(=O)SCCN(CC(O)CCCCCCCC)CC(O)CCCCCCCC)C(=O)SCCN(CC(O)CCCCCCCC)CC(O)CCCCCCCC. The predicted molar refractivity (Wildman–Crippen MR) is 258 cm³/mol. The quantitative estimate of drug-likeness (QED) is 0.0348.